The number of hydrogen-bond acceptors (Lipinski definition) is 5. The van der Waals surface area contributed by atoms with Crippen LogP contribution in [0.15, 0.2) is 0 Å². The van der Waals surface area contributed by atoms with Gasteiger partial charge in [-0.1, -0.05) is 13.8 Å². The molecule has 2 heterocycles. The molecular weight excluding hydrogens is 256 g/mol. The number of nitrogens with one attached hydrogen (secondary N) is 1. The summed E-state index contributed by atoms with van der Waals surface area (Å²) in [4.78, 5) is 11.9. The average Bonchev–Trinajstić information content (AvgIpc) is 2.89. The predicted molar refractivity (Wildman–Crippen MR) is 82.7 cm³/mol. The van der Waals surface area contributed by atoms with E-state index < -0.39 is 0 Å². The molecule has 0 unspecified atom stereocenters. The molecule has 0 fully saturated rings. The second-order valence-corrected chi connectivity index (χ2v) is 5.70. The lowest BCUT2D eigenvalue weighted by Gasteiger charge is -2.17. The fraction of sp³-hybridized carbons (Fsp3) is 0.714. The van der Waals surface area contributed by atoms with Crippen LogP contribution in [0.3, 0.4) is 0 Å². The van der Waals surface area contributed by atoms with Gasteiger partial charge in [0.05, 0.1) is 5.69 Å². The largest absolute Gasteiger partial charge is 0.370 e. The van der Waals surface area contributed by atoms with E-state index in [1.165, 1.54) is 11.3 Å². The molecule has 2 rings (SSSR count). The van der Waals surface area contributed by atoms with Gasteiger partial charge in [-0.2, -0.15) is 11.8 Å². The Bertz CT molecular complexity index is 418. The van der Waals surface area contributed by atoms with Crippen LogP contribution in [-0.2, 0) is 17.9 Å². The zero-order chi connectivity index (χ0) is 13.7. The van der Waals surface area contributed by atoms with E-state index in [4.69, 9.17) is 9.97 Å². The van der Waals surface area contributed by atoms with Crippen LogP contribution in [0.5, 0.6) is 0 Å². The maximum atomic E-state index is 4.74. The van der Waals surface area contributed by atoms with Gasteiger partial charge in [-0.15, -0.1) is 0 Å². The number of anilines is 1. The van der Waals surface area contributed by atoms with Crippen molar-refractivity contribution in [2.24, 2.45) is 0 Å². The molecule has 0 atom stereocenters. The highest BCUT2D eigenvalue weighted by atomic mass is 32.2. The van der Waals surface area contributed by atoms with Gasteiger partial charge in [0.1, 0.15) is 11.6 Å². The minimum Gasteiger partial charge on any atom is -0.370 e. The van der Waals surface area contributed by atoms with Crippen LogP contribution in [0.25, 0.3) is 0 Å². The van der Waals surface area contributed by atoms with Crippen molar-refractivity contribution in [1.29, 1.82) is 0 Å². The summed E-state index contributed by atoms with van der Waals surface area (Å²) in [6.45, 7) is 10.7. The van der Waals surface area contributed by atoms with Crippen molar-refractivity contribution >= 4 is 17.6 Å². The predicted octanol–water partition coefficient (Wildman–Crippen LogP) is 2.54. The summed E-state index contributed by atoms with van der Waals surface area (Å²) in [5.41, 5.74) is 2.56. The van der Waals surface area contributed by atoms with Gasteiger partial charge in [0.2, 0.25) is 0 Å². The van der Waals surface area contributed by atoms with Gasteiger partial charge in [-0.25, -0.2) is 9.97 Å². The lowest BCUT2D eigenvalue weighted by molar-refractivity contribution is 0.305. The van der Waals surface area contributed by atoms with Gasteiger partial charge < -0.3 is 10.2 Å². The summed E-state index contributed by atoms with van der Waals surface area (Å²) in [6, 6.07) is 0. The third-order valence-corrected chi connectivity index (χ3v) is 4.48. The van der Waals surface area contributed by atoms with Gasteiger partial charge in [0.25, 0.3) is 0 Å². The fourth-order valence-electron chi connectivity index (χ4n) is 2.33. The SMILES string of the molecule is CCNc1nc(CCN(CC)CC)nc2c1CSC2. The summed E-state index contributed by atoms with van der Waals surface area (Å²) in [5, 5.41) is 3.39. The number of fused-ring (bicyclic) bond motifs is 1. The Balaban J connectivity index is 2.11. The molecule has 1 aromatic rings. The highest BCUT2D eigenvalue weighted by Crippen LogP contribution is 2.32. The zero-order valence-corrected chi connectivity index (χ0v) is 13.0. The molecule has 1 aliphatic rings. The third kappa shape index (κ3) is 3.60. The van der Waals surface area contributed by atoms with Gasteiger partial charge in [0, 0.05) is 36.6 Å². The normalized spacial score (nSPS) is 13.9. The molecule has 0 amide bonds. The molecule has 0 saturated carbocycles. The van der Waals surface area contributed by atoms with E-state index in [-0.39, 0.29) is 0 Å². The maximum Gasteiger partial charge on any atom is 0.134 e. The van der Waals surface area contributed by atoms with Crippen LogP contribution in [0, 0.1) is 0 Å². The van der Waals surface area contributed by atoms with Gasteiger partial charge >= 0.3 is 0 Å². The van der Waals surface area contributed by atoms with Crippen molar-refractivity contribution in [3.05, 3.63) is 17.1 Å². The third-order valence-electron chi connectivity index (χ3n) is 3.51. The smallest absolute Gasteiger partial charge is 0.134 e. The molecule has 0 spiro atoms. The van der Waals surface area contributed by atoms with Crippen LogP contribution in [0.2, 0.25) is 0 Å². The lowest BCUT2D eigenvalue weighted by Crippen LogP contribution is -2.26. The Hall–Kier alpha value is -0.810. The first-order valence-electron chi connectivity index (χ1n) is 7.21. The number of hydrogen-bond donors (Lipinski definition) is 1. The Kier molecular flexibility index (Phi) is 5.45. The molecule has 0 radical (unpaired) electrons. The van der Waals surface area contributed by atoms with Gasteiger partial charge in [-0.05, 0) is 20.0 Å². The fourth-order valence-corrected chi connectivity index (χ4v) is 3.37. The Morgan fingerprint density at radius 2 is 1.95 bits per heavy atom. The monoisotopic (exact) mass is 280 g/mol. The highest BCUT2D eigenvalue weighted by molar-refractivity contribution is 7.98. The number of nitrogens with zero attached hydrogens (tertiary/aromatic N) is 3. The van der Waals surface area contributed by atoms with Crippen LogP contribution >= 0.6 is 11.8 Å². The molecule has 1 N–H and O–H groups in total. The van der Waals surface area contributed by atoms with E-state index in [0.29, 0.717) is 0 Å². The Morgan fingerprint density at radius 3 is 2.63 bits per heavy atom. The summed E-state index contributed by atoms with van der Waals surface area (Å²) in [7, 11) is 0. The molecule has 1 aliphatic heterocycles. The van der Waals surface area contributed by atoms with Crippen LogP contribution < -0.4 is 5.32 Å². The van der Waals surface area contributed by atoms with E-state index in [9.17, 15) is 0 Å². The van der Waals surface area contributed by atoms with Crippen molar-refractivity contribution in [3.8, 4) is 0 Å². The molecule has 0 bridgehead atoms. The summed E-state index contributed by atoms with van der Waals surface area (Å²) < 4.78 is 0. The van der Waals surface area contributed by atoms with E-state index >= 15 is 0 Å². The first-order valence-corrected chi connectivity index (χ1v) is 8.36. The van der Waals surface area contributed by atoms with E-state index in [1.807, 2.05) is 11.8 Å². The second-order valence-electron chi connectivity index (χ2n) is 4.71. The minimum atomic E-state index is 0.920. The number of likely N-dealkylation sites (N-methyl/N-ethyl adjacent to an activating group) is 1. The Labute approximate surface area is 120 Å². The first-order chi connectivity index (χ1) is 9.28. The summed E-state index contributed by atoms with van der Waals surface area (Å²) in [5.74, 6) is 4.14. The van der Waals surface area contributed by atoms with Crippen molar-refractivity contribution in [1.82, 2.24) is 14.9 Å². The molecular formula is C14H24N4S. The second kappa shape index (κ2) is 7.10. The number of aromatic nitrogens is 2. The van der Waals surface area contributed by atoms with Gasteiger partial charge in [-0.3, -0.25) is 0 Å². The van der Waals surface area contributed by atoms with Crippen molar-refractivity contribution in [3.63, 3.8) is 0 Å². The molecule has 0 aliphatic carbocycles. The molecule has 5 heteroatoms. The van der Waals surface area contributed by atoms with Crippen molar-refractivity contribution < 1.29 is 0 Å². The minimum absolute atomic E-state index is 0.920. The van der Waals surface area contributed by atoms with Crippen LogP contribution in [0.1, 0.15) is 37.9 Å². The first kappa shape index (κ1) is 14.6. The maximum absolute atomic E-state index is 4.74. The number of rotatable bonds is 7. The molecule has 1 aromatic heterocycles. The van der Waals surface area contributed by atoms with Crippen molar-refractivity contribution in [2.75, 3.05) is 31.5 Å². The molecule has 19 heavy (non-hydrogen) atoms. The van der Waals surface area contributed by atoms with Crippen LogP contribution in [-0.4, -0.2) is 41.0 Å². The molecule has 0 saturated heterocycles. The zero-order valence-electron chi connectivity index (χ0n) is 12.2. The highest BCUT2D eigenvalue weighted by Gasteiger charge is 2.19. The molecule has 106 valence electrons. The molecule has 0 aromatic carbocycles. The quantitative estimate of drug-likeness (QED) is 0.831. The standard InChI is InChI=1S/C14H24N4S/c1-4-15-14-11-9-19-10-12(11)16-13(17-14)7-8-18(5-2)6-3/h4-10H2,1-3H3,(H,15,16,17). The van der Waals surface area contributed by atoms with E-state index in [0.717, 1.165) is 55.7 Å². The summed E-state index contributed by atoms with van der Waals surface area (Å²) in [6.07, 6.45) is 0.942. The Morgan fingerprint density at radius 1 is 1.16 bits per heavy atom. The van der Waals surface area contributed by atoms with Crippen molar-refractivity contribution in [2.45, 2.75) is 38.7 Å². The lowest BCUT2D eigenvalue weighted by atomic mass is 10.2. The van der Waals surface area contributed by atoms with Crippen LogP contribution in [0.4, 0.5) is 5.82 Å². The summed E-state index contributed by atoms with van der Waals surface area (Å²) >= 11 is 1.93. The van der Waals surface area contributed by atoms with E-state index in [1.54, 1.807) is 0 Å². The van der Waals surface area contributed by atoms with Gasteiger partial charge in [0.15, 0.2) is 0 Å². The van der Waals surface area contributed by atoms with E-state index in [2.05, 4.69) is 31.0 Å². The average molecular weight is 280 g/mol. The molecule has 4 nitrogen and oxygen atoms in total. The number of thioether (sulfide) groups is 1. The topological polar surface area (TPSA) is 41.1 Å².